The van der Waals surface area contributed by atoms with Gasteiger partial charge in [-0.15, -0.1) is 0 Å². The number of rotatable bonds is 4. The topological polar surface area (TPSA) is 63.6 Å². The highest BCUT2D eigenvalue weighted by atomic mass is 32.2. The fourth-order valence-electron chi connectivity index (χ4n) is 3.42. The molecular formula is C23H18N4OS. The maximum Gasteiger partial charge on any atom is 0.258 e. The number of H-pyrrole nitrogens is 1. The number of aromatic amines is 1. The summed E-state index contributed by atoms with van der Waals surface area (Å²) in [5.41, 5.74) is 3.63. The molecule has 2 heterocycles. The molecule has 0 radical (unpaired) electrons. The van der Waals surface area contributed by atoms with E-state index in [1.807, 2.05) is 61.5 Å². The predicted molar refractivity (Wildman–Crippen MR) is 118 cm³/mol. The van der Waals surface area contributed by atoms with Crippen LogP contribution in [0.2, 0.25) is 0 Å². The summed E-state index contributed by atoms with van der Waals surface area (Å²) in [4.78, 5) is 24.9. The molecule has 0 bridgehead atoms. The van der Waals surface area contributed by atoms with E-state index >= 15 is 0 Å². The van der Waals surface area contributed by atoms with Crippen LogP contribution in [0.5, 0.6) is 0 Å². The third kappa shape index (κ3) is 3.21. The summed E-state index contributed by atoms with van der Waals surface area (Å²) in [6.07, 6.45) is 0. The molecule has 0 amide bonds. The number of benzene rings is 3. The van der Waals surface area contributed by atoms with E-state index < -0.39 is 0 Å². The molecule has 0 unspecified atom stereocenters. The molecule has 0 aliphatic heterocycles. The van der Waals surface area contributed by atoms with Crippen LogP contribution in [0.4, 0.5) is 0 Å². The largest absolute Gasteiger partial charge is 0.309 e. The van der Waals surface area contributed by atoms with Crippen molar-refractivity contribution in [1.29, 1.82) is 0 Å². The van der Waals surface area contributed by atoms with Gasteiger partial charge < -0.3 is 4.98 Å². The number of imidazole rings is 1. The van der Waals surface area contributed by atoms with Gasteiger partial charge in [0.25, 0.3) is 5.56 Å². The first-order chi connectivity index (χ1) is 14.2. The van der Waals surface area contributed by atoms with Crippen LogP contribution < -0.4 is 5.56 Å². The molecule has 1 atom stereocenters. The lowest BCUT2D eigenvalue weighted by atomic mass is 10.2. The summed E-state index contributed by atoms with van der Waals surface area (Å²) in [7, 11) is 0. The van der Waals surface area contributed by atoms with Gasteiger partial charge >= 0.3 is 0 Å². The molecular weight excluding hydrogens is 380 g/mol. The van der Waals surface area contributed by atoms with Gasteiger partial charge in [0.05, 0.1) is 27.2 Å². The van der Waals surface area contributed by atoms with Crippen molar-refractivity contribution in [1.82, 2.24) is 19.5 Å². The number of nitrogens with one attached hydrogen (secondary N) is 1. The summed E-state index contributed by atoms with van der Waals surface area (Å²) in [6.45, 7) is 2.03. The number of fused-ring (bicyclic) bond motifs is 2. The molecule has 142 valence electrons. The van der Waals surface area contributed by atoms with Crippen molar-refractivity contribution in [3.63, 3.8) is 0 Å². The van der Waals surface area contributed by atoms with Gasteiger partial charge in [0, 0.05) is 5.69 Å². The van der Waals surface area contributed by atoms with E-state index in [2.05, 4.69) is 32.7 Å². The Morgan fingerprint density at radius 3 is 2.38 bits per heavy atom. The van der Waals surface area contributed by atoms with Crippen molar-refractivity contribution in [2.75, 3.05) is 0 Å². The van der Waals surface area contributed by atoms with Gasteiger partial charge in [-0.1, -0.05) is 54.2 Å². The molecule has 29 heavy (non-hydrogen) atoms. The molecule has 5 aromatic rings. The normalized spacial score (nSPS) is 12.4. The van der Waals surface area contributed by atoms with Gasteiger partial charge in [-0.2, -0.15) is 0 Å². The summed E-state index contributed by atoms with van der Waals surface area (Å²) >= 11 is 1.58. The van der Waals surface area contributed by atoms with Crippen molar-refractivity contribution in [3.05, 3.63) is 95.0 Å². The predicted octanol–water partition coefficient (Wildman–Crippen LogP) is 5.12. The maximum atomic E-state index is 12.5. The lowest BCUT2D eigenvalue weighted by Gasteiger charge is -2.13. The smallest absolute Gasteiger partial charge is 0.258 e. The highest BCUT2D eigenvalue weighted by Crippen LogP contribution is 2.36. The van der Waals surface area contributed by atoms with Crippen LogP contribution >= 0.6 is 11.8 Å². The monoisotopic (exact) mass is 398 g/mol. The molecule has 6 heteroatoms. The summed E-state index contributed by atoms with van der Waals surface area (Å²) in [5, 5.41) is 1.39. The molecule has 0 saturated carbocycles. The van der Waals surface area contributed by atoms with Gasteiger partial charge in [-0.3, -0.25) is 9.36 Å². The van der Waals surface area contributed by atoms with Crippen LogP contribution in [0.15, 0.2) is 88.8 Å². The molecule has 0 aliphatic carbocycles. The van der Waals surface area contributed by atoms with Gasteiger partial charge in [0.15, 0.2) is 5.16 Å². The average molecular weight is 398 g/mol. The van der Waals surface area contributed by atoms with Crippen LogP contribution in [0.25, 0.3) is 27.6 Å². The van der Waals surface area contributed by atoms with Gasteiger partial charge in [-0.25, -0.2) is 9.97 Å². The SMILES string of the molecule is C[C@@H](Sc1nc2ccccc2n1-c1ccccc1)c1nc2ccccc2c(=O)[nH]1. The molecule has 5 nitrogen and oxygen atoms in total. The van der Waals surface area contributed by atoms with E-state index in [0.29, 0.717) is 16.7 Å². The average Bonchev–Trinajstić information content (AvgIpc) is 3.12. The summed E-state index contributed by atoms with van der Waals surface area (Å²) < 4.78 is 2.15. The van der Waals surface area contributed by atoms with Crippen molar-refractivity contribution in [3.8, 4) is 5.69 Å². The molecule has 0 aliphatic rings. The second-order valence-corrected chi connectivity index (χ2v) is 8.09. The second kappa shape index (κ2) is 7.22. The maximum absolute atomic E-state index is 12.5. The minimum atomic E-state index is -0.116. The Labute approximate surface area is 171 Å². The quantitative estimate of drug-likeness (QED) is 0.427. The first-order valence-electron chi connectivity index (χ1n) is 9.39. The van der Waals surface area contributed by atoms with Crippen LogP contribution in [0.3, 0.4) is 0 Å². The number of nitrogens with zero attached hydrogens (tertiary/aromatic N) is 3. The van der Waals surface area contributed by atoms with Gasteiger partial charge in [-0.05, 0) is 43.3 Å². The first kappa shape index (κ1) is 17.7. The lowest BCUT2D eigenvalue weighted by Crippen LogP contribution is -2.13. The van der Waals surface area contributed by atoms with Crippen molar-refractivity contribution >= 4 is 33.7 Å². The molecule has 5 rings (SSSR count). The van der Waals surface area contributed by atoms with Crippen molar-refractivity contribution in [2.45, 2.75) is 17.3 Å². The number of thioether (sulfide) groups is 1. The lowest BCUT2D eigenvalue weighted by molar-refractivity contribution is 0.883. The molecule has 1 N–H and O–H groups in total. The van der Waals surface area contributed by atoms with E-state index in [-0.39, 0.29) is 10.8 Å². The zero-order valence-corrected chi connectivity index (χ0v) is 16.6. The number of hydrogen-bond acceptors (Lipinski definition) is 4. The number of hydrogen-bond donors (Lipinski definition) is 1. The molecule has 0 spiro atoms. The van der Waals surface area contributed by atoms with Gasteiger partial charge in [0.1, 0.15) is 5.82 Å². The second-order valence-electron chi connectivity index (χ2n) is 6.78. The molecule has 0 fully saturated rings. The minimum absolute atomic E-state index is 0.0772. The Morgan fingerprint density at radius 2 is 1.55 bits per heavy atom. The van der Waals surface area contributed by atoms with E-state index in [0.717, 1.165) is 21.9 Å². The Kier molecular flexibility index (Phi) is 4.41. The van der Waals surface area contributed by atoms with Crippen LogP contribution in [0.1, 0.15) is 18.0 Å². The van der Waals surface area contributed by atoms with Gasteiger partial charge in [0.2, 0.25) is 0 Å². The molecule has 2 aromatic heterocycles. The van der Waals surface area contributed by atoms with Crippen molar-refractivity contribution < 1.29 is 0 Å². The molecule has 0 saturated heterocycles. The fraction of sp³-hybridized carbons (Fsp3) is 0.0870. The Bertz CT molecular complexity index is 1370. The van der Waals surface area contributed by atoms with Crippen molar-refractivity contribution in [2.24, 2.45) is 0 Å². The van der Waals surface area contributed by atoms with E-state index in [1.54, 1.807) is 17.8 Å². The van der Waals surface area contributed by atoms with E-state index in [1.165, 1.54) is 0 Å². The fourth-order valence-corrected chi connectivity index (χ4v) is 4.42. The van der Waals surface area contributed by atoms with E-state index in [4.69, 9.17) is 4.98 Å². The highest BCUT2D eigenvalue weighted by Gasteiger charge is 2.18. The van der Waals surface area contributed by atoms with Crippen LogP contribution in [-0.2, 0) is 0 Å². The zero-order valence-electron chi connectivity index (χ0n) is 15.7. The Balaban J connectivity index is 1.60. The number of aromatic nitrogens is 4. The first-order valence-corrected chi connectivity index (χ1v) is 10.3. The standard InChI is InChI=1S/C23H18N4OS/c1-15(21-24-18-12-6-5-11-17(18)22(28)26-21)29-23-25-19-13-7-8-14-20(19)27(23)16-9-3-2-4-10-16/h2-15H,1H3,(H,24,26,28)/t15-/m1/s1. The minimum Gasteiger partial charge on any atom is -0.309 e. The zero-order chi connectivity index (χ0) is 19.8. The molecule has 3 aromatic carbocycles. The summed E-state index contributed by atoms with van der Waals surface area (Å²) in [5.74, 6) is 0.644. The Hall–Kier alpha value is -3.38. The third-order valence-corrected chi connectivity index (χ3v) is 5.90. The number of para-hydroxylation sites is 4. The van der Waals surface area contributed by atoms with E-state index in [9.17, 15) is 4.79 Å². The highest BCUT2D eigenvalue weighted by molar-refractivity contribution is 7.99. The van der Waals surface area contributed by atoms with Crippen LogP contribution in [-0.4, -0.2) is 19.5 Å². The Morgan fingerprint density at radius 1 is 0.862 bits per heavy atom. The summed E-state index contributed by atoms with van der Waals surface area (Å²) in [6, 6.07) is 25.7. The van der Waals surface area contributed by atoms with Crippen LogP contribution in [0, 0.1) is 0 Å². The third-order valence-electron chi connectivity index (χ3n) is 4.84.